The lowest BCUT2D eigenvalue weighted by Gasteiger charge is -2.24. The van der Waals surface area contributed by atoms with Gasteiger partial charge in [0.05, 0.1) is 26.8 Å². The predicted molar refractivity (Wildman–Crippen MR) is 97.4 cm³/mol. The summed E-state index contributed by atoms with van der Waals surface area (Å²) in [4.78, 5) is 14.1. The lowest BCUT2D eigenvalue weighted by Crippen LogP contribution is -2.39. The summed E-state index contributed by atoms with van der Waals surface area (Å²) in [5.74, 6) is -0.585. The number of amides is 1. The van der Waals surface area contributed by atoms with Crippen LogP contribution >= 0.6 is 34.8 Å². The molecule has 0 aromatic heterocycles. The molecule has 0 bridgehead atoms. The Balaban J connectivity index is 2.06. The van der Waals surface area contributed by atoms with Crippen molar-refractivity contribution in [3.63, 3.8) is 0 Å². The second-order valence-electron chi connectivity index (χ2n) is 5.42. The summed E-state index contributed by atoms with van der Waals surface area (Å²) >= 11 is 17.9. The monoisotopic (exact) mass is 388 g/mol. The first kappa shape index (κ1) is 19.0. The molecule has 0 aliphatic rings. The van der Waals surface area contributed by atoms with Gasteiger partial charge in [0.1, 0.15) is 5.82 Å². The predicted octanol–water partition coefficient (Wildman–Crippen LogP) is 5.24. The molecule has 3 nitrogen and oxygen atoms in total. The second kappa shape index (κ2) is 8.17. The second-order valence-corrected chi connectivity index (χ2v) is 6.64. The summed E-state index contributed by atoms with van der Waals surface area (Å²) in [6, 6.07) is 8.92. The van der Waals surface area contributed by atoms with Crippen LogP contribution in [0.5, 0.6) is 0 Å². The Morgan fingerprint density at radius 3 is 2.46 bits per heavy atom. The van der Waals surface area contributed by atoms with Gasteiger partial charge in [0, 0.05) is 12.1 Å². The van der Waals surface area contributed by atoms with Gasteiger partial charge in [-0.1, -0.05) is 53.0 Å². The number of nitrogens with one attached hydrogen (secondary N) is 1. The number of rotatable bonds is 5. The Morgan fingerprint density at radius 2 is 1.79 bits per heavy atom. The molecule has 1 N–H and O–H groups in total. The number of carbonyl (C=O) groups is 1. The molecule has 24 heavy (non-hydrogen) atoms. The SMILES string of the molecule is CC(C(=O)Nc1cc(Cl)c(Cl)cc1Cl)N(C)Cc1ccccc1F. The molecule has 128 valence electrons. The van der Waals surface area contributed by atoms with Crippen LogP contribution < -0.4 is 5.32 Å². The summed E-state index contributed by atoms with van der Waals surface area (Å²) in [5.41, 5.74) is 0.898. The van der Waals surface area contributed by atoms with Gasteiger partial charge in [-0.15, -0.1) is 0 Å². The first-order valence-corrected chi connectivity index (χ1v) is 8.32. The molecule has 1 unspecified atom stereocenters. The fourth-order valence-electron chi connectivity index (χ4n) is 2.09. The highest BCUT2D eigenvalue weighted by Crippen LogP contribution is 2.32. The van der Waals surface area contributed by atoms with Crippen LogP contribution in [0.15, 0.2) is 36.4 Å². The summed E-state index contributed by atoms with van der Waals surface area (Å²) in [7, 11) is 1.74. The molecule has 0 saturated heterocycles. The smallest absolute Gasteiger partial charge is 0.241 e. The number of hydrogen-bond donors (Lipinski definition) is 1. The fourth-order valence-corrected chi connectivity index (χ4v) is 2.68. The maximum absolute atomic E-state index is 13.7. The quantitative estimate of drug-likeness (QED) is 0.709. The third-order valence-electron chi connectivity index (χ3n) is 3.69. The lowest BCUT2D eigenvalue weighted by molar-refractivity contribution is -0.120. The molecule has 0 saturated carbocycles. The van der Waals surface area contributed by atoms with E-state index < -0.39 is 6.04 Å². The highest BCUT2D eigenvalue weighted by atomic mass is 35.5. The number of anilines is 1. The average molecular weight is 390 g/mol. The van der Waals surface area contributed by atoms with Gasteiger partial charge in [0.25, 0.3) is 0 Å². The Labute approximate surface area is 155 Å². The zero-order valence-electron chi connectivity index (χ0n) is 13.1. The van der Waals surface area contributed by atoms with Crippen molar-refractivity contribution in [2.45, 2.75) is 19.5 Å². The van der Waals surface area contributed by atoms with Gasteiger partial charge in [-0.2, -0.15) is 0 Å². The molecule has 2 aromatic rings. The topological polar surface area (TPSA) is 32.3 Å². The molecule has 0 heterocycles. The van der Waals surface area contributed by atoms with Crippen LogP contribution in [0.3, 0.4) is 0 Å². The molecular formula is C17H16Cl3FN2O. The van der Waals surface area contributed by atoms with Gasteiger partial charge in [-0.3, -0.25) is 9.69 Å². The van der Waals surface area contributed by atoms with E-state index in [4.69, 9.17) is 34.8 Å². The molecule has 0 radical (unpaired) electrons. The van der Waals surface area contributed by atoms with Gasteiger partial charge in [-0.05, 0) is 32.2 Å². The van der Waals surface area contributed by atoms with Crippen LogP contribution in [-0.2, 0) is 11.3 Å². The van der Waals surface area contributed by atoms with Gasteiger partial charge in [-0.25, -0.2) is 4.39 Å². The first-order chi connectivity index (χ1) is 11.3. The van der Waals surface area contributed by atoms with E-state index in [0.29, 0.717) is 32.9 Å². The van der Waals surface area contributed by atoms with Crippen molar-refractivity contribution in [3.05, 3.63) is 62.8 Å². The highest BCUT2D eigenvalue weighted by Gasteiger charge is 2.20. The Bertz CT molecular complexity index is 755. The van der Waals surface area contributed by atoms with Gasteiger partial charge < -0.3 is 5.32 Å². The van der Waals surface area contributed by atoms with E-state index in [-0.39, 0.29) is 11.7 Å². The van der Waals surface area contributed by atoms with Crippen molar-refractivity contribution in [1.82, 2.24) is 4.90 Å². The Kier molecular flexibility index (Phi) is 6.47. The normalized spacial score (nSPS) is 12.3. The highest BCUT2D eigenvalue weighted by molar-refractivity contribution is 6.44. The molecule has 0 spiro atoms. The molecule has 0 fully saturated rings. The zero-order chi connectivity index (χ0) is 17.9. The van der Waals surface area contributed by atoms with Crippen LogP contribution in [0, 0.1) is 5.82 Å². The van der Waals surface area contributed by atoms with Crippen LogP contribution in [0.25, 0.3) is 0 Å². The molecule has 7 heteroatoms. The third-order valence-corrected chi connectivity index (χ3v) is 4.72. The molecule has 2 rings (SSSR count). The van der Waals surface area contributed by atoms with Crippen molar-refractivity contribution < 1.29 is 9.18 Å². The van der Waals surface area contributed by atoms with Crippen LogP contribution in [0.1, 0.15) is 12.5 Å². The minimum absolute atomic E-state index is 0.283. The van der Waals surface area contributed by atoms with E-state index in [1.54, 1.807) is 37.1 Å². The zero-order valence-corrected chi connectivity index (χ0v) is 15.4. The summed E-state index contributed by atoms with van der Waals surface area (Å²) in [6.07, 6.45) is 0. The Hall–Kier alpha value is -1.33. The number of nitrogens with zero attached hydrogens (tertiary/aromatic N) is 1. The van der Waals surface area contributed by atoms with E-state index in [1.165, 1.54) is 18.2 Å². The minimum atomic E-state index is -0.505. The van der Waals surface area contributed by atoms with Gasteiger partial charge in [0.2, 0.25) is 5.91 Å². The van der Waals surface area contributed by atoms with Gasteiger partial charge in [0.15, 0.2) is 0 Å². The van der Waals surface area contributed by atoms with Crippen LogP contribution in [-0.4, -0.2) is 23.9 Å². The maximum Gasteiger partial charge on any atom is 0.241 e. The number of halogens is 4. The van der Waals surface area contributed by atoms with Crippen molar-refractivity contribution in [2.75, 3.05) is 12.4 Å². The van der Waals surface area contributed by atoms with Gasteiger partial charge >= 0.3 is 0 Å². The van der Waals surface area contributed by atoms with E-state index >= 15 is 0 Å². The van der Waals surface area contributed by atoms with Crippen molar-refractivity contribution in [2.24, 2.45) is 0 Å². The lowest BCUT2D eigenvalue weighted by atomic mass is 10.1. The van der Waals surface area contributed by atoms with Crippen molar-refractivity contribution in [1.29, 1.82) is 0 Å². The van der Waals surface area contributed by atoms with E-state index in [9.17, 15) is 9.18 Å². The van der Waals surface area contributed by atoms with Crippen LogP contribution in [0.2, 0.25) is 15.1 Å². The first-order valence-electron chi connectivity index (χ1n) is 7.18. The third kappa shape index (κ3) is 4.61. The largest absolute Gasteiger partial charge is 0.323 e. The van der Waals surface area contributed by atoms with E-state index in [0.717, 1.165) is 0 Å². The molecule has 1 amide bonds. The maximum atomic E-state index is 13.7. The molecule has 2 aromatic carbocycles. The van der Waals surface area contributed by atoms with E-state index in [2.05, 4.69) is 5.32 Å². The standard InChI is InChI=1S/C17H16Cl3FN2O/c1-10(23(2)9-11-5-3-4-6-15(11)21)17(24)22-16-8-13(19)12(18)7-14(16)20/h3-8,10H,9H2,1-2H3,(H,22,24). The summed E-state index contributed by atoms with van der Waals surface area (Å²) < 4.78 is 13.7. The summed E-state index contributed by atoms with van der Waals surface area (Å²) in [5, 5.41) is 3.61. The number of carbonyl (C=O) groups excluding carboxylic acids is 1. The fraction of sp³-hybridized carbons (Fsp3) is 0.235. The number of likely N-dealkylation sites (N-methyl/N-ethyl adjacent to an activating group) is 1. The molecular weight excluding hydrogens is 374 g/mol. The summed E-state index contributed by atoms with van der Waals surface area (Å²) in [6.45, 7) is 2.03. The molecule has 0 aliphatic carbocycles. The average Bonchev–Trinajstić information content (AvgIpc) is 2.53. The Morgan fingerprint density at radius 1 is 1.17 bits per heavy atom. The van der Waals surface area contributed by atoms with Crippen molar-refractivity contribution >= 4 is 46.4 Å². The number of benzene rings is 2. The van der Waals surface area contributed by atoms with E-state index in [1.807, 2.05) is 0 Å². The van der Waals surface area contributed by atoms with Crippen molar-refractivity contribution in [3.8, 4) is 0 Å². The number of hydrogen-bond acceptors (Lipinski definition) is 2. The minimum Gasteiger partial charge on any atom is -0.323 e. The van der Waals surface area contributed by atoms with Crippen LogP contribution in [0.4, 0.5) is 10.1 Å². The molecule has 0 aliphatic heterocycles. The molecule has 1 atom stereocenters.